The van der Waals surface area contributed by atoms with E-state index < -0.39 is 0 Å². The summed E-state index contributed by atoms with van der Waals surface area (Å²) in [6.45, 7) is 0. The molecule has 0 spiro atoms. The molecule has 0 aliphatic heterocycles. The lowest BCUT2D eigenvalue weighted by molar-refractivity contribution is 1.07. The number of benzene rings is 16. The highest BCUT2D eigenvalue weighted by Crippen LogP contribution is 2.40. The van der Waals surface area contributed by atoms with E-state index in [9.17, 15) is 0 Å². The quantitative estimate of drug-likeness (QED) is 0.0819. The van der Waals surface area contributed by atoms with Crippen LogP contribution in [-0.4, -0.2) is 49.8 Å². The van der Waals surface area contributed by atoms with Crippen LogP contribution in [0.25, 0.3) is 203 Å². The van der Waals surface area contributed by atoms with Crippen molar-refractivity contribution in [2.24, 2.45) is 0 Å². The Hall–Kier alpha value is -16.3. The van der Waals surface area contributed by atoms with Crippen LogP contribution in [0.5, 0.6) is 0 Å². The summed E-state index contributed by atoms with van der Waals surface area (Å²) >= 11 is 0. The van der Waals surface area contributed by atoms with E-state index in [1.165, 1.54) is 0 Å². The van der Waals surface area contributed by atoms with E-state index in [4.69, 9.17) is 49.8 Å². The molecule has 564 valence electrons. The first-order valence-corrected chi connectivity index (χ1v) is 40.0. The number of rotatable bonds is 18. The Morgan fingerprint density at radius 1 is 0.0833 bits per heavy atom. The van der Waals surface area contributed by atoms with Gasteiger partial charge in [-0.25, -0.2) is 49.8 Å². The topological polar surface area (TPSA) is 129 Å². The molecule has 4 aromatic heterocycles. The van der Waals surface area contributed by atoms with Crippen LogP contribution in [0.4, 0.5) is 0 Å². The van der Waals surface area contributed by atoms with E-state index in [0.717, 1.165) is 156 Å². The predicted molar refractivity (Wildman–Crippen MR) is 489 cm³/mol. The molecule has 4 heterocycles. The van der Waals surface area contributed by atoms with E-state index in [2.05, 4.69) is 279 Å². The third-order valence-corrected chi connectivity index (χ3v) is 21.1. The average molecular weight is 1540 g/mol. The van der Waals surface area contributed by atoms with Gasteiger partial charge >= 0.3 is 0 Å². The number of hydrogen-bond donors (Lipinski definition) is 0. The van der Waals surface area contributed by atoms with E-state index in [0.29, 0.717) is 46.6 Å². The summed E-state index contributed by atoms with van der Waals surface area (Å²) in [5, 5.41) is 0. The molecule has 10 nitrogen and oxygen atoms in total. The molecule has 0 atom stereocenters. The standard InChI is InChI=1S/2C55H37N5/c1-6-17-38(18-7-1)47-34-48(39-19-8-2-9-20-39)36-49(35-47)51-37-50(56-52(57-51)41-21-10-3-11-22-41)46-28-16-27-45(33-46)40-29-31-44(32-30-40)55-59-53(42-23-12-4-13-24-42)58-54(60-55)43-25-14-5-15-26-43;1-6-17-38(18-7-1)47-34-48(39-19-8-2-9-20-39)36-49(35-47)55-56-50(41-21-10-3-11-22-41)37-51(57-55)46-28-16-27-45(33-46)40-29-31-44(32-30-40)54-59-52(42-23-12-4-13-24-42)58-53(60-54)43-25-14-5-15-26-43/h2*1-37H. The lowest BCUT2D eigenvalue weighted by Crippen LogP contribution is -2.00. The van der Waals surface area contributed by atoms with Crippen LogP contribution >= 0.6 is 0 Å². The van der Waals surface area contributed by atoms with Gasteiger partial charge in [0.25, 0.3) is 0 Å². The second-order valence-corrected chi connectivity index (χ2v) is 29.1. The van der Waals surface area contributed by atoms with Gasteiger partial charge in [-0.1, -0.05) is 388 Å². The van der Waals surface area contributed by atoms with Crippen LogP contribution in [0.3, 0.4) is 0 Å². The lowest BCUT2D eigenvalue weighted by atomic mass is 9.94. The molecule has 0 saturated heterocycles. The van der Waals surface area contributed by atoms with Crippen molar-refractivity contribution in [1.29, 1.82) is 0 Å². The Kier molecular flexibility index (Phi) is 21.2. The van der Waals surface area contributed by atoms with Crippen LogP contribution in [0, 0.1) is 0 Å². The molecule has 20 aromatic rings. The van der Waals surface area contributed by atoms with Gasteiger partial charge in [-0.3, -0.25) is 0 Å². The molecular weight excluding hydrogens is 1460 g/mol. The third kappa shape index (κ3) is 16.8. The molecule has 0 N–H and O–H groups in total. The predicted octanol–water partition coefficient (Wildman–Crippen LogP) is 27.3. The minimum Gasteiger partial charge on any atom is -0.228 e. The number of hydrogen-bond acceptors (Lipinski definition) is 10. The molecule has 0 amide bonds. The Morgan fingerprint density at radius 2 is 0.242 bits per heavy atom. The van der Waals surface area contributed by atoms with Crippen molar-refractivity contribution in [2.75, 3.05) is 0 Å². The normalized spacial score (nSPS) is 11.0. The van der Waals surface area contributed by atoms with Gasteiger partial charge in [0.2, 0.25) is 0 Å². The molecular formula is C110H74N10. The van der Waals surface area contributed by atoms with Gasteiger partial charge in [-0.2, -0.15) is 0 Å². The van der Waals surface area contributed by atoms with Crippen LogP contribution in [-0.2, 0) is 0 Å². The molecule has 0 aliphatic carbocycles. The van der Waals surface area contributed by atoms with Crippen LogP contribution < -0.4 is 0 Å². The Morgan fingerprint density at radius 3 is 0.517 bits per heavy atom. The van der Waals surface area contributed by atoms with Gasteiger partial charge in [0.05, 0.1) is 22.8 Å². The molecule has 16 aromatic carbocycles. The van der Waals surface area contributed by atoms with E-state index in [-0.39, 0.29) is 0 Å². The Labute approximate surface area is 697 Å². The first-order chi connectivity index (χ1) is 59.4. The molecule has 10 heteroatoms. The fourth-order valence-electron chi connectivity index (χ4n) is 14.9. The summed E-state index contributed by atoms with van der Waals surface area (Å²) in [6, 6.07) is 154. The van der Waals surface area contributed by atoms with Gasteiger partial charge in [-0.15, -0.1) is 0 Å². The summed E-state index contributed by atoms with van der Waals surface area (Å²) in [6.07, 6.45) is 0. The Bertz CT molecular complexity index is 6280. The van der Waals surface area contributed by atoms with Crippen molar-refractivity contribution >= 4 is 0 Å². The van der Waals surface area contributed by atoms with Crippen molar-refractivity contribution < 1.29 is 0 Å². The van der Waals surface area contributed by atoms with E-state index >= 15 is 0 Å². The van der Waals surface area contributed by atoms with Crippen molar-refractivity contribution in [3.8, 4) is 203 Å². The summed E-state index contributed by atoms with van der Waals surface area (Å²) in [7, 11) is 0. The van der Waals surface area contributed by atoms with Crippen LogP contribution in [0.1, 0.15) is 0 Å². The smallest absolute Gasteiger partial charge is 0.164 e. The zero-order valence-electron chi connectivity index (χ0n) is 65.2. The first-order valence-electron chi connectivity index (χ1n) is 40.0. The fourth-order valence-corrected chi connectivity index (χ4v) is 14.9. The van der Waals surface area contributed by atoms with Gasteiger partial charge in [0, 0.05) is 66.8 Å². The molecule has 0 radical (unpaired) electrons. The maximum absolute atomic E-state index is 5.29. The van der Waals surface area contributed by atoms with Gasteiger partial charge in [0.1, 0.15) is 0 Å². The lowest BCUT2D eigenvalue weighted by Gasteiger charge is -2.14. The second kappa shape index (κ2) is 34.4. The minimum absolute atomic E-state index is 0.622. The average Bonchev–Trinajstić information content (AvgIpc) is 0.785. The maximum atomic E-state index is 5.29. The van der Waals surface area contributed by atoms with Crippen molar-refractivity contribution in [2.45, 2.75) is 0 Å². The fraction of sp³-hybridized carbons (Fsp3) is 0. The van der Waals surface area contributed by atoms with Gasteiger partial charge in [-0.05, 0) is 127 Å². The Balaban J connectivity index is 0.000000159. The number of nitrogens with zero attached hydrogens (tertiary/aromatic N) is 10. The molecule has 0 fully saturated rings. The monoisotopic (exact) mass is 1530 g/mol. The summed E-state index contributed by atoms with van der Waals surface area (Å²) < 4.78 is 0. The zero-order valence-corrected chi connectivity index (χ0v) is 65.2. The highest BCUT2D eigenvalue weighted by Gasteiger charge is 2.20. The van der Waals surface area contributed by atoms with Crippen LogP contribution in [0.15, 0.2) is 449 Å². The minimum atomic E-state index is 0.622. The zero-order chi connectivity index (χ0) is 80.2. The van der Waals surface area contributed by atoms with Crippen LogP contribution in [0.2, 0.25) is 0 Å². The summed E-state index contributed by atoms with van der Waals surface area (Å²) in [4.78, 5) is 50.3. The summed E-state index contributed by atoms with van der Waals surface area (Å²) in [5.74, 6) is 5.13. The van der Waals surface area contributed by atoms with E-state index in [1.807, 2.05) is 170 Å². The van der Waals surface area contributed by atoms with Crippen molar-refractivity contribution in [1.82, 2.24) is 49.8 Å². The van der Waals surface area contributed by atoms with Crippen molar-refractivity contribution in [3.63, 3.8) is 0 Å². The highest BCUT2D eigenvalue weighted by atomic mass is 15.0. The molecule has 120 heavy (non-hydrogen) atoms. The molecule has 0 bridgehead atoms. The summed E-state index contributed by atoms with van der Waals surface area (Å²) in [5.41, 5.74) is 28.3. The highest BCUT2D eigenvalue weighted by molar-refractivity contribution is 5.86. The maximum Gasteiger partial charge on any atom is 0.164 e. The molecule has 0 unspecified atom stereocenters. The van der Waals surface area contributed by atoms with Gasteiger partial charge in [0.15, 0.2) is 46.6 Å². The largest absolute Gasteiger partial charge is 0.228 e. The number of aromatic nitrogens is 10. The first kappa shape index (κ1) is 73.8. The second-order valence-electron chi connectivity index (χ2n) is 29.1. The van der Waals surface area contributed by atoms with E-state index in [1.54, 1.807) is 0 Å². The van der Waals surface area contributed by atoms with Crippen molar-refractivity contribution in [3.05, 3.63) is 449 Å². The SMILES string of the molecule is c1ccc(-c2cc(-c3ccccc3)cc(-c3cc(-c4cccc(-c5ccc(-c6nc(-c7ccccc7)nc(-c7ccccc7)n6)cc5)c4)nc(-c4ccccc4)n3)c2)cc1.c1ccc(-c2cc(-c3ccccc3)cc(-c3nc(-c4ccccc4)cc(-c4cccc(-c5ccc(-c6nc(-c7ccccc7)nc(-c7ccccc7)n6)cc5)c4)n3)c2)cc1. The van der Waals surface area contributed by atoms with Gasteiger partial charge < -0.3 is 0 Å². The molecule has 0 aliphatic rings. The molecule has 20 rings (SSSR count). The third-order valence-electron chi connectivity index (χ3n) is 21.1. The molecule has 0 saturated carbocycles.